The fourth-order valence-electron chi connectivity index (χ4n) is 2.13. The number of ether oxygens (including phenoxy) is 2. The number of amides is 1. The van der Waals surface area contributed by atoms with Gasteiger partial charge in [-0.2, -0.15) is 0 Å². The second-order valence-corrected chi connectivity index (χ2v) is 6.30. The van der Waals surface area contributed by atoms with Crippen molar-refractivity contribution in [1.82, 2.24) is 0 Å². The van der Waals surface area contributed by atoms with Gasteiger partial charge >= 0.3 is 5.97 Å². The van der Waals surface area contributed by atoms with Crippen LogP contribution < -0.4 is 10.1 Å². The Kier molecular flexibility index (Phi) is 7.41. The first-order valence-electron chi connectivity index (χ1n) is 8.16. The number of hydrogen-bond donors (Lipinski definition) is 1. The molecule has 1 N–H and O–H groups in total. The molecule has 5 nitrogen and oxygen atoms in total. The van der Waals surface area contributed by atoms with Crippen molar-refractivity contribution in [2.45, 2.75) is 20.0 Å². The molecular formula is C20H20BrNO4. The van der Waals surface area contributed by atoms with Crippen molar-refractivity contribution in [3.63, 3.8) is 0 Å². The SMILES string of the molecule is CCOc1ccccc1NC(=O)[C@@H](C)OC(=O)/C=C/c1cccc(Br)c1. The van der Waals surface area contributed by atoms with E-state index in [4.69, 9.17) is 9.47 Å². The van der Waals surface area contributed by atoms with E-state index in [1.54, 1.807) is 24.3 Å². The summed E-state index contributed by atoms with van der Waals surface area (Å²) in [4.78, 5) is 24.2. The first-order valence-corrected chi connectivity index (χ1v) is 8.96. The topological polar surface area (TPSA) is 64.6 Å². The quantitative estimate of drug-likeness (QED) is 0.534. The van der Waals surface area contributed by atoms with Crippen molar-refractivity contribution in [3.05, 3.63) is 64.6 Å². The Balaban J connectivity index is 1.93. The van der Waals surface area contributed by atoms with E-state index in [-0.39, 0.29) is 0 Å². The first-order chi connectivity index (χ1) is 12.5. The zero-order valence-corrected chi connectivity index (χ0v) is 16.2. The molecule has 136 valence electrons. The molecule has 0 bridgehead atoms. The van der Waals surface area contributed by atoms with Crippen LogP contribution in [0, 0.1) is 0 Å². The highest BCUT2D eigenvalue weighted by Crippen LogP contribution is 2.24. The molecule has 0 aromatic heterocycles. The van der Waals surface area contributed by atoms with Crippen LogP contribution in [0.4, 0.5) is 5.69 Å². The molecule has 2 aromatic rings. The van der Waals surface area contributed by atoms with Gasteiger partial charge in [0.1, 0.15) is 5.75 Å². The minimum absolute atomic E-state index is 0.429. The summed E-state index contributed by atoms with van der Waals surface area (Å²) in [6.45, 7) is 3.86. The van der Waals surface area contributed by atoms with Crippen LogP contribution in [0.3, 0.4) is 0 Å². The summed E-state index contributed by atoms with van der Waals surface area (Å²) in [6.07, 6.45) is 1.98. The number of carbonyl (C=O) groups excluding carboxylic acids is 2. The van der Waals surface area contributed by atoms with E-state index < -0.39 is 18.0 Å². The molecule has 1 amide bonds. The normalized spacial score (nSPS) is 11.8. The van der Waals surface area contributed by atoms with E-state index in [0.29, 0.717) is 18.0 Å². The van der Waals surface area contributed by atoms with Crippen LogP contribution in [0.2, 0.25) is 0 Å². The van der Waals surface area contributed by atoms with Crippen molar-refractivity contribution < 1.29 is 19.1 Å². The number of benzene rings is 2. The van der Waals surface area contributed by atoms with Crippen LogP contribution in [0.5, 0.6) is 5.75 Å². The van der Waals surface area contributed by atoms with E-state index in [0.717, 1.165) is 10.0 Å². The Morgan fingerprint density at radius 2 is 1.96 bits per heavy atom. The zero-order valence-electron chi connectivity index (χ0n) is 14.6. The third-order valence-electron chi connectivity index (χ3n) is 3.37. The summed E-state index contributed by atoms with van der Waals surface area (Å²) in [7, 11) is 0. The Bertz CT molecular complexity index is 804. The lowest BCUT2D eigenvalue weighted by Crippen LogP contribution is -2.29. The lowest BCUT2D eigenvalue weighted by atomic mass is 10.2. The van der Waals surface area contributed by atoms with Crippen LogP contribution in [0.1, 0.15) is 19.4 Å². The molecule has 0 aliphatic rings. The van der Waals surface area contributed by atoms with Crippen molar-refractivity contribution in [2.24, 2.45) is 0 Å². The summed E-state index contributed by atoms with van der Waals surface area (Å²) >= 11 is 3.36. The largest absolute Gasteiger partial charge is 0.492 e. The summed E-state index contributed by atoms with van der Waals surface area (Å²) in [5.41, 5.74) is 1.38. The van der Waals surface area contributed by atoms with Gasteiger partial charge in [-0.05, 0) is 49.8 Å². The van der Waals surface area contributed by atoms with Crippen molar-refractivity contribution >= 4 is 39.6 Å². The van der Waals surface area contributed by atoms with Gasteiger partial charge in [-0.3, -0.25) is 4.79 Å². The molecule has 0 aliphatic heterocycles. The Morgan fingerprint density at radius 1 is 1.19 bits per heavy atom. The molecule has 0 heterocycles. The molecule has 0 unspecified atom stereocenters. The van der Waals surface area contributed by atoms with Gasteiger partial charge in [0.25, 0.3) is 5.91 Å². The summed E-state index contributed by atoms with van der Waals surface area (Å²) in [6, 6.07) is 14.6. The molecule has 0 radical (unpaired) electrons. The van der Waals surface area contributed by atoms with Gasteiger partial charge in [0.15, 0.2) is 6.10 Å². The highest BCUT2D eigenvalue weighted by molar-refractivity contribution is 9.10. The average molecular weight is 418 g/mol. The standard InChI is InChI=1S/C20H20BrNO4/c1-3-25-18-10-5-4-9-17(18)22-20(24)14(2)26-19(23)12-11-15-7-6-8-16(21)13-15/h4-14H,3H2,1-2H3,(H,22,24)/b12-11+/t14-/m1/s1. The number of anilines is 1. The fourth-order valence-corrected chi connectivity index (χ4v) is 2.54. The van der Waals surface area contributed by atoms with E-state index in [1.807, 2.05) is 37.3 Å². The zero-order chi connectivity index (χ0) is 18.9. The predicted octanol–water partition coefficient (Wildman–Crippen LogP) is 4.43. The number of para-hydroxylation sites is 2. The van der Waals surface area contributed by atoms with Crippen molar-refractivity contribution in [1.29, 1.82) is 0 Å². The molecule has 2 aromatic carbocycles. The van der Waals surface area contributed by atoms with Gasteiger partial charge in [-0.15, -0.1) is 0 Å². The Morgan fingerprint density at radius 3 is 2.69 bits per heavy atom. The molecule has 1 atom stereocenters. The number of carbonyl (C=O) groups is 2. The highest BCUT2D eigenvalue weighted by atomic mass is 79.9. The minimum Gasteiger partial charge on any atom is -0.492 e. The van der Waals surface area contributed by atoms with E-state index in [9.17, 15) is 9.59 Å². The molecule has 2 rings (SSSR count). The number of halogens is 1. The number of esters is 1. The van der Waals surface area contributed by atoms with Crippen LogP contribution >= 0.6 is 15.9 Å². The van der Waals surface area contributed by atoms with Gasteiger partial charge in [-0.25, -0.2) is 4.79 Å². The maximum atomic E-state index is 12.2. The van der Waals surface area contributed by atoms with E-state index in [2.05, 4.69) is 21.2 Å². The average Bonchev–Trinajstić information content (AvgIpc) is 2.62. The predicted molar refractivity (Wildman–Crippen MR) is 105 cm³/mol. The molecule has 0 saturated heterocycles. The minimum atomic E-state index is -0.940. The number of rotatable bonds is 7. The second kappa shape index (κ2) is 9.77. The Hall–Kier alpha value is -2.60. The second-order valence-electron chi connectivity index (χ2n) is 5.39. The molecule has 0 fully saturated rings. The van der Waals surface area contributed by atoms with E-state index >= 15 is 0 Å². The molecule has 0 saturated carbocycles. The van der Waals surface area contributed by atoms with Crippen LogP contribution in [-0.2, 0) is 14.3 Å². The lowest BCUT2D eigenvalue weighted by Gasteiger charge is -2.15. The number of hydrogen-bond acceptors (Lipinski definition) is 4. The van der Waals surface area contributed by atoms with Gasteiger partial charge in [-0.1, -0.05) is 40.2 Å². The van der Waals surface area contributed by atoms with Gasteiger partial charge in [0.2, 0.25) is 0 Å². The van der Waals surface area contributed by atoms with Gasteiger partial charge < -0.3 is 14.8 Å². The monoisotopic (exact) mass is 417 g/mol. The van der Waals surface area contributed by atoms with Crippen LogP contribution in [0.25, 0.3) is 6.08 Å². The Labute approximate surface area is 161 Å². The number of nitrogens with one attached hydrogen (secondary N) is 1. The van der Waals surface area contributed by atoms with Crippen molar-refractivity contribution in [2.75, 3.05) is 11.9 Å². The molecule has 26 heavy (non-hydrogen) atoms. The van der Waals surface area contributed by atoms with Crippen LogP contribution in [0.15, 0.2) is 59.1 Å². The maximum absolute atomic E-state index is 12.2. The maximum Gasteiger partial charge on any atom is 0.331 e. The molecule has 0 aliphatic carbocycles. The van der Waals surface area contributed by atoms with Crippen LogP contribution in [-0.4, -0.2) is 24.6 Å². The molecule has 6 heteroatoms. The van der Waals surface area contributed by atoms with Gasteiger partial charge in [0, 0.05) is 10.5 Å². The van der Waals surface area contributed by atoms with Gasteiger partial charge in [0.05, 0.1) is 12.3 Å². The smallest absolute Gasteiger partial charge is 0.331 e. The fraction of sp³-hybridized carbons (Fsp3) is 0.200. The third kappa shape index (κ3) is 6.04. The summed E-state index contributed by atoms with van der Waals surface area (Å²) in [5.74, 6) is -0.455. The van der Waals surface area contributed by atoms with Crippen molar-refractivity contribution in [3.8, 4) is 5.75 Å². The summed E-state index contributed by atoms with van der Waals surface area (Å²) in [5, 5.41) is 2.71. The molecular weight excluding hydrogens is 398 g/mol. The lowest BCUT2D eigenvalue weighted by molar-refractivity contribution is -0.148. The van der Waals surface area contributed by atoms with E-state index in [1.165, 1.54) is 13.0 Å². The summed E-state index contributed by atoms with van der Waals surface area (Å²) < 4.78 is 11.5. The third-order valence-corrected chi connectivity index (χ3v) is 3.86. The first kappa shape index (κ1) is 19.7. The molecule has 0 spiro atoms. The highest BCUT2D eigenvalue weighted by Gasteiger charge is 2.18.